The fourth-order valence-electron chi connectivity index (χ4n) is 6.17. The van der Waals surface area contributed by atoms with E-state index in [1.165, 1.54) is 12.8 Å². The smallest absolute Gasteiger partial charge is 0.244 e. The van der Waals surface area contributed by atoms with Crippen LogP contribution in [0.4, 0.5) is 0 Å². The molecule has 1 saturated heterocycles. The van der Waals surface area contributed by atoms with E-state index in [4.69, 9.17) is 4.74 Å². The Morgan fingerprint density at radius 2 is 2.00 bits per heavy atom. The summed E-state index contributed by atoms with van der Waals surface area (Å²) >= 11 is 0. The Kier molecular flexibility index (Phi) is 6.60. The van der Waals surface area contributed by atoms with Gasteiger partial charge in [0.2, 0.25) is 5.91 Å². The molecule has 3 unspecified atom stereocenters. The quantitative estimate of drug-likeness (QED) is 0.529. The number of aromatic hydroxyl groups is 1. The molecule has 6 heteroatoms. The summed E-state index contributed by atoms with van der Waals surface area (Å²) in [7, 11) is 1.62. The third-order valence-electron chi connectivity index (χ3n) is 8.21. The number of fused-ring (bicyclic) bond motifs is 1. The van der Waals surface area contributed by atoms with Gasteiger partial charge in [0.05, 0.1) is 12.7 Å². The van der Waals surface area contributed by atoms with Crippen LogP contribution < -0.4 is 10.1 Å². The van der Waals surface area contributed by atoms with Gasteiger partial charge in [0.15, 0.2) is 0 Å². The van der Waals surface area contributed by atoms with Crippen LogP contribution in [0.2, 0.25) is 0 Å². The molecule has 2 saturated carbocycles. The van der Waals surface area contributed by atoms with Crippen LogP contribution in [0.5, 0.6) is 11.5 Å². The van der Waals surface area contributed by atoms with Crippen molar-refractivity contribution in [1.82, 2.24) is 10.2 Å². The highest BCUT2D eigenvalue weighted by atomic mass is 16.5. The largest absolute Gasteiger partial charge is 0.508 e. The summed E-state index contributed by atoms with van der Waals surface area (Å²) in [5, 5.41) is 25.5. The molecule has 1 amide bonds. The van der Waals surface area contributed by atoms with Gasteiger partial charge in [-0.3, -0.25) is 4.79 Å². The Bertz CT molecular complexity index is 1100. The van der Waals surface area contributed by atoms with Gasteiger partial charge in [-0.05, 0) is 92.5 Å². The molecular formula is C29H36N2O4. The Labute approximate surface area is 207 Å². The molecule has 3 aliphatic rings. The lowest BCUT2D eigenvalue weighted by Crippen LogP contribution is -2.67. The SMILES string of the molecule is COc1cccc(/C=C/C(=O)NC2CCC3(O)CN(CC4CC4)CCC3(c3cccc(O)c3)C2)c1. The second-order valence-corrected chi connectivity index (χ2v) is 10.7. The number of nitrogens with one attached hydrogen (secondary N) is 1. The molecule has 5 rings (SSSR count). The first-order valence-electron chi connectivity index (χ1n) is 12.8. The highest BCUT2D eigenvalue weighted by Crippen LogP contribution is 2.52. The number of ether oxygens (including phenoxy) is 1. The number of carbonyl (C=O) groups excluding carboxylic acids is 1. The lowest BCUT2D eigenvalue weighted by Gasteiger charge is -2.58. The van der Waals surface area contributed by atoms with Gasteiger partial charge in [0, 0.05) is 30.6 Å². The minimum Gasteiger partial charge on any atom is -0.508 e. The summed E-state index contributed by atoms with van der Waals surface area (Å²) in [6, 6.07) is 14.9. The molecule has 3 N–H and O–H groups in total. The van der Waals surface area contributed by atoms with E-state index in [1.54, 1.807) is 31.4 Å². The van der Waals surface area contributed by atoms with Gasteiger partial charge in [-0.15, -0.1) is 0 Å². The number of nitrogens with zero attached hydrogens (tertiary/aromatic N) is 1. The number of phenols is 1. The fourth-order valence-corrected chi connectivity index (χ4v) is 6.17. The number of carbonyl (C=O) groups is 1. The molecular weight excluding hydrogens is 440 g/mol. The van der Waals surface area contributed by atoms with E-state index in [0.29, 0.717) is 19.4 Å². The number of amides is 1. The lowest BCUT2D eigenvalue weighted by atomic mass is 9.55. The van der Waals surface area contributed by atoms with Crippen LogP contribution >= 0.6 is 0 Å². The normalized spacial score (nSPS) is 29.0. The minimum atomic E-state index is -0.883. The second kappa shape index (κ2) is 9.67. The van der Waals surface area contributed by atoms with E-state index in [1.807, 2.05) is 36.4 Å². The van der Waals surface area contributed by atoms with Gasteiger partial charge in [0.1, 0.15) is 11.5 Å². The van der Waals surface area contributed by atoms with Crippen molar-refractivity contribution in [3.8, 4) is 11.5 Å². The van der Waals surface area contributed by atoms with Crippen molar-refractivity contribution in [2.24, 2.45) is 5.92 Å². The summed E-state index contributed by atoms with van der Waals surface area (Å²) in [4.78, 5) is 15.2. The van der Waals surface area contributed by atoms with E-state index in [-0.39, 0.29) is 17.7 Å². The maximum Gasteiger partial charge on any atom is 0.244 e. The van der Waals surface area contributed by atoms with Crippen LogP contribution in [0.1, 0.15) is 49.7 Å². The number of rotatable bonds is 7. The van der Waals surface area contributed by atoms with Crippen molar-refractivity contribution in [1.29, 1.82) is 0 Å². The van der Waals surface area contributed by atoms with Crippen LogP contribution in [0, 0.1) is 5.92 Å². The van der Waals surface area contributed by atoms with Crippen molar-refractivity contribution in [2.75, 3.05) is 26.7 Å². The number of benzene rings is 2. The highest BCUT2D eigenvalue weighted by Gasteiger charge is 2.57. The van der Waals surface area contributed by atoms with Gasteiger partial charge in [-0.25, -0.2) is 0 Å². The molecule has 1 aliphatic heterocycles. The molecule has 2 aromatic carbocycles. The molecule has 35 heavy (non-hydrogen) atoms. The van der Waals surface area contributed by atoms with Crippen LogP contribution in [-0.2, 0) is 10.2 Å². The molecule has 186 valence electrons. The van der Waals surface area contributed by atoms with Crippen LogP contribution in [0.15, 0.2) is 54.6 Å². The number of hydrogen-bond acceptors (Lipinski definition) is 5. The number of aliphatic hydroxyl groups is 1. The summed E-state index contributed by atoms with van der Waals surface area (Å²) < 4.78 is 5.26. The number of methoxy groups -OCH3 is 1. The first-order valence-corrected chi connectivity index (χ1v) is 12.8. The number of hydrogen-bond donors (Lipinski definition) is 3. The molecule has 0 spiro atoms. The van der Waals surface area contributed by atoms with E-state index >= 15 is 0 Å². The van der Waals surface area contributed by atoms with Crippen LogP contribution in [0.3, 0.4) is 0 Å². The van der Waals surface area contributed by atoms with Crippen LogP contribution in [0.25, 0.3) is 6.08 Å². The Morgan fingerprint density at radius 3 is 2.77 bits per heavy atom. The average Bonchev–Trinajstić information content (AvgIpc) is 3.67. The Hall–Kier alpha value is -2.83. The molecule has 2 aliphatic carbocycles. The number of phenolic OH excluding ortho intramolecular Hbond substituents is 1. The van der Waals surface area contributed by atoms with Gasteiger partial charge in [-0.1, -0.05) is 24.3 Å². The molecule has 2 aromatic rings. The van der Waals surface area contributed by atoms with E-state index in [9.17, 15) is 15.0 Å². The molecule has 0 bridgehead atoms. The molecule has 3 atom stereocenters. The van der Waals surface area contributed by atoms with Crippen molar-refractivity contribution in [3.63, 3.8) is 0 Å². The average molecular weight is 477 g/mol. The molecule has 6 nitrogen and oxygen atoms in total. The van der Waals surface area contributed by atoms with Gasteiger partial charge in [-0.2, -0.15) is 0 Å². The van der Waals surface area contributed by atoms with Gasteiger partial charge >= 0.3 is 0 Å². The highest BCUT2D eigenvalue weighted by molar-refractivity contribution is 5.92. The zero-order valence-corrected chi connectivity index (χ0v) is 20.5. The van der Waals surface area contributed by atoms with Gasteiger partial charge in [0.25, 0.3) is 0 Å². The monoisotopic (exact) mass is 476 g/mol. The van der Waals surface area contributed by atoms with E-state index in [0.717, 1.165) is 48.7 Å². The van der Waals surface area contributed by atoms with Crippen LogP contribution in [-0.4, -0.2) is 59.4 Å². The number of piperidine rings is 1. The predicted molar refractivity (Wildman–Crippen MR) is 136 cm³/mol. The summed E-state index contributed by atoms with van der Waals surface area (Å²) in [5.41, 5.74) is 0.484. The molecule has 3 fully saturated rings. The summed E-state index contributed by atoms with van der Waals surface area (Å²) in [6.45, 7) is 2.63. The third-order valence-corrected chi connectivity index (χ3v) is 8.21. The Morgan fingerprint density at radius 1 is 1.17 bits per heavy atom. The maximum atomic E-state index is 12.8. The molecule has 1 heterocycles. The lowest BCUT2D eigenvalue weighted by molar-refractivity contribution is -0.132. The fraction of sp³-hybridized carbons (Fsp3) is 0.483. The van der Waals surface area contributed by atoms with Crippen molar-refractivity contribution in [2.45, 2.75) is 55.6 Å². The second-order valence-electron chi connectivity index (χ2n) is 10.7. The first-order chi connectivity index (χ1) is 16.9. The summed E-state index contributed by atoms with van der Waals surface area (Å²) in [6.07, 6.45) is 8.76. The Balaban J connectivity index is 1.33. The molecule has 0 radical (unpaired) electrons. The standard InChI is InChI=1S/C29H36N2O4/c1-35-26-7-2-4-21(16-26)10-11-27(33)30-24-12-13-29(34)20-31(19-22-8-9-22)15-14-28(29,18-24)23-5-3-6-25(32)17-23/h2-7,10-11,16-17,22,24,32,34H,8-9,12-15,18-20H2,1H3,(H,30,33)/b11-10+. The minimum absolute atomic E-state index is 0.0462. The topological polar surface area (TPSA) is 82.0 Å². The third kappa shape index (κ3) is 5.09. The number of β-amino-alcohol motifs (C(OH)–C–C–N with tert-alkyl or cyclic N) is 1. The zero-order chi connectivity index (χ0) is 24.5. The van der Waals surface area contributed by atoms with Crippen molar-refractivity contribution >= 4 is 12.0 Å². The van der Waals surface area contributed by atoms with Gasteiger partial charge < -0.3 is 25.2 Å². The van der Waals surface area contributed by atoms with Crippen molar-refractivity contribution in [3.05, 3.63) is 65.7 Å². The van der Waals surface area contributed by atoms with E-state index in [2.05, 4.69) is 10.2 Å². The summed E-state index contributed by atoms with van der Waals surface area (Å²) in [5.74, 6) is 1.60. The molecule has 0 aromatic heterocycles. The predicted octanol–water partition coefficient (Wildman–Crippen LogP) is 3.87. The van der Waals surface area contributed by atoms with Crippen molar-refractivity contribution < 1.29 is 19.7 Å². The van der Waals surface area contributed by atoms with E-state index < -0.39 is 11.0 Å². The first kappa shape index (κ1) is 23.9. The zero-order valence-electron chi connectivity index (χ0n) is 20.5. The maximum absolute atomic E-state index is 12.8. The number of likely N-dealkylation sites (tertiary alicyclic amines) is 1.